The van der Waals surface area contributed by atoms with Crippen LogP contribution in [0.15, 0.2) is 53.3 Å². The molecule has 1 nitrogen and oxygen atoms in total. The zero-order valence-corrected chi connectivity index (χ0v) is 15.8. The fourth-order valence-corrected chi connectivity index (χ4v) is 3.27. The molecule has 0 saturated carbocycles. The number of hydrogen-bond acceptors (Lipinski definition) is 2. The minimum absolute atomic E-state index is 0.744. The first-order valence-electron chi connectivity index (χ1n) is 7.73. The highest BCUT2D eigenvalue weighted by Gasteiger charge is 2.06. The zero-order chi connectivity index (χ0) is 17.7. The average molecular weight is 357 g/mol. The number of hydrogen-bond donors (Lipinski definition) is 0. The van der Waals surface area contributed by atoms with Crippen LogP contribution in [0.5, 0.6) is 0 Å². The van der Waals surface area contributed by atoms with E-state index in [4.69, 9.17) is 11.6 Å². The lowest BCUT2D eigenvalue weighted by atomic mass is 9.98. The van der Waals surface area contributed by atoms with Crippen molar-refractivity contribution in [3.05, 3.63) is 86.1 Å². The summed E-state index contributed by atoms with van der Waals surface area (Å²) in [5.41, 5.74) is 6.45. The van der Waals surface area contributed by atoms with E-state index >= 15 is 0 Å². The normalized spacial score (nSPS) is 11.4. The first-order valence-corrected chi connectivity index (χ1v) is 8.99. The van der Waals surface area contributed by atoms with E-state index in [-0.39, 0.29) is 0 Å². The van der Waals surface area contributed by atoms with Crippen molar-refractivity contribution >= 4 is 35.2 Å². The Labute approximate surface area is 153 Å². The molecule has 0 aliphatic heterocycles. The van der Waals surface area contributed by atoms with Crippen molar-refractivity contribution in [3.8, 4) is 0 Å². The van der Waals surface area contributed by atoms with E-state index in [0.717, 1.165) is 44.9 Å². The quantitative estimate of drug-likeness (QED) is 0.541. The molecule has 3 heteroatoms. The summed E-state index contributed by atoms with van der Waals surface area (Å²) in [7, 11) is 0. The molecule has 0 aliphatic carbocycles. The molecular weight excluding hydrogens is 336 g/mol. The first-order chi connectivity index (χ1) is 11.4. The van der Waals surface area contributed by atoms with Crippen molar-refractivity contribution in [1.29, 1.82) is 0 Å². The Morgan fingerprint density at radius 2 is 1.83 bits per heavy atom. The summed E-state index contributed by atoms with van der Waals surface area (Å²) in [6.45, 7) is 10.3. The minimum atomic E-state index is 0.744. The lowest BCUT2D eigenvalue weighted by Crippen LogP contribution is -1.95. The van der Waals surface area contributed by atoms with Crippen LogP contribution in [0.4, 0.5) is 0 Å². The summed E-state index contributed by atoms with van der Waals surface area (Å²) in [4.78, 5) is 12.1. The van der Waals surface area contributed by atoms with E-state index in [1.807, 2.05) is 44.2 Å². The summed E-state index contributed by atoms with van der Waals surface area (Å²) >= 11 is 7.57. The molecule has 0 bridgehead atoms. The van der Waals surface area contributed by atoms with Crippen LogP contribution in [0.2, 0.25) is 5.02 Å². The fourth-order valence-electron chi connectivity index (χ4n) is 2.42. The van der Waals surface area contributed by atoms with Crippen LogP contribution < -0.4 is 0 Å². The number of aldehydes is 1. The van der Waals surface area contributed by atoms with Crippen molar-refractivity contribution < 1.29 is 4.79 Å². The topological polar surface area (TPSA) is 17.1 Å². The molecule has 124 valence electrons. The van der Waals surface area contributed by atoms with Crippen molar-refractivity contribution in [2.75, 3.05) is 0 Å². The summed E-state index contributed by atoms with van der Waals surface area (Å²) in [6.07, 6.45) is 1.70. The van der Waals surface area contributed by atoms with Gasteiger partial charge in [-0.1, -0.05) is 36.4 Å². The van der Waals surface area contributed by atoms with Crippen molar-refractivity contribution in [3.63, 3.8) is 0 Å². The lowest BCUT2D eigenvalue weighted by molar-refractivity contribution is 0.112. The number of allylic oxidation sites excluding steroid dienone is 2. The Balaban J connectivity index is 2.05. The van der Waals surface area contributed by atoms with Gasteiger partial charge in [0, 0.05) is 17.0 Å². The molecular formula is C21H21ClOS. The predicted octanol–water partition coefficient (Wildman–Crippen LogP) is 6.62. The Morgan fingerprint density at radius 3 is 2.46 bits per heavy atom. The van der Waals surface area contributed by atoms with Gasteiger partial charge in [0.2, 0.25) is 0 Å². The van der Waals surface area contributed by atoms with Crippen LogP contribution in [0.1, 0.15) is 39.5 Å². The number of thioether (sulfide) groups is 1. The van der Waals surface area contributed by atoms with Gasteiger partial charge in [-0.3, -0.25) is 4.79 Å². The average Bonchev–Trinajstić information content (AvgIpc) is 2.56. The molecule has 0 spiro atoms. The molecule has 0 aliphatic rings. The highest BCUT2D eigenvalue weighted by atomic mass is 35.5. The second-order valence-electron chi connectivity index (χ2n) is 5.89. The highest BCUT2D eigenvalue weighted by molar-refractivity contribution is 8.05. The Morgan fingerprint density at radius 1 is 1.17 bits per heavy atom. The van der Waals surface area contributed by atoms with Crippen LogP contribution in [-0.2, 0) is 6.42 Å². The SMILES string of the molecule is C=C(Cc1cc(C)c(C=O)cc1C)S/C=C(\C)c1ccc(Cl)cc1. The van der Waals surface area contributed by atoms with Crippen LogP contribution in [0, 0.1) is 13.8 Å². The third-order valence-electron chi connectivity index (χ3n) is 3.94. The van der Waals surface area contributed by atoms with Gasteiger partial charge >= 0.3 is 0 Å². The standard InChI is InChI=1S/C21H21ClOS/c1-14-10-20(12-23)15(2)9-19(14)11-17(4)24-13-16(3)18-5-7-21(22)8-6-18/h5-10,12-13H,4,11H2,1-3H3/b16-13+. The molecule has 0 N–H and O–H groups in total. The van der Waals surface area contributed by atoms with Crippen LogP contribution in [0.3, 0.4) is 0 Å². The molecule has 0 fully saturated rings. The zero-order valence-electron chi connectivity index (χ0n) is 14.2. The van der Waals surface area contributed by atoms with Gasteiger partial charge in [0.25, 0.3) is 0 Å². The maximum atomic E-state index is 11.0. The minimum Gasteiger partial charge on any atom is -0.298 e. The van der Waals surface area contributed by atoms with E-state index in [1.54, 1.807) is 11.8 Å². The second-order valence-corrected chi connectivity index (χ2v) is 7.38. The first kappa shape index (κ1) is 18.6. The van der Waals surface area contributed by atoms with Crippen molar-refractivity contribution in [2.24, 2.45) is 0 Å². The van der Waals surface area contributed by atoms with Gasteiger partial charge in [-0.25, -0.2) is 0 Å². The molecule has 0 heterocycles. The molecule has 0 unspecified atom stereocenters. The third-order valence-corrected chi connectivity index (χ3v) is 5.14. The van der Waals surface area contributed by atoms with E-state index in [0.29, 0.717) is 0 Å². The Bertz CT molecular complexity index is 788. The van der Waals surface area contributed by atoms with Crippen LogP contribution >= 0.6 is 23.4 Å². The fraction of sp³-hybridized carbons (Fsp3) is 0.190. The number of aryl methyl sites for hydroxylation is 2. The molecule has 2 aromatic carbocycles. The van der Waals surface area contributed by atoms with E-state index in [1.165, 1.54) is 11.1 Å². The van der Waals surface area contributed by atoms with Gasteiger partial charge in [-0.05, 0) is 77.1 Å². The van der Waals surface area contributed by atoms with Gasteiger partial charge in [-0.15, -0.1) is 11.8 Å². The van der Waals surface area contributed by atoms with E-state index < -0.39 is 0 Å². The van der Waals surface area contributed by atoms with Gasteiger partial charge in [0.1, 0.15) is 6.29 Å². The summed E-state index contributed by atoms with van der Waals surface area (Å²) in [5.74, 6) is 0. The predicted molar refractivity (Wildman–Crippen MR) is 107 cm³/mol. The number of carbonyl (C=O) groups excluding carboxylic acids is 1. The maximum absolute atomic E-state index is 11.0. The Hall–Kier alpha value is -1.77. The number of halogens is 1. The van der Waals surface area contributed by atoms with Gasteiger partial charge < -0.3 is 0 Å². The van der Waals surface area contributed by atoms with Gasteiger partial charge in [0.05, 0.1) is 0 Å². The molecule has 2 rings (SSSR count). The molecule has 24 heavy (non-hydrogen) atoms. The third kappa shape index (κ3) is 4.86. The smallest absolute Gasteiger partial charge is 0.150 e. The summed E-state index contributed by atoms with van der Waals surface area (Å²) in [5, 5.41) is 2.86. The molecule has 0 aromatic heterocycles. The van der Waals surface area contributed by atoms with Gasteiger partial charge in [0.15, 0.2) is 0 Å². The van der Waals surface area contributed by atoms with E-state index in [9.17, 15) is 4.79 Å². The number of rotatable bonds is 6. The Kier molecular flexibility index (Phi) is 6.47. The molecule has 0 saturated heterocycles. The lowest BCUT2D eigenvalue weighted by Gasteiger charge is -2.10. The molecule has 2 aromatic rings. The van der Waals surface area contributed by atoms with E-state index in [2.05, 4.69) is 25.0 Å². The van der Waals surface area contributed by atoms with Gasteiger partial charge in [-0.2, -0.15) is 0 Å². The van der Waals surface area contributed by atoms with Crippen LogP contribution in [-0.4, -0.2) is 6.29 Å². The highest BCUT2D eigenvalue weighted by Crippen LogP contribution is 2.27. The number of carbonyl (C=O) groups is 1. The monoisotopic (exact) mass is 356 g/mol. The largest absolute Gasteiger partial charge is 0.298 e. The van der Waals surface area contributed by atoms with Crippen molar-refractivity contribution in [2.45, 2.75) is 27.2 Å². The van der Waals surface area contributed by atoms with Crippen molar-refractivity contribution in [1.82, 2.24) is 0 Å². The molecule has 0 radical (unpaired) electrons. The molecule has 0 amide bonds. The maximum Gasteiger partial charge on any atom is 0.150 e. The van der Waals surface area contributed by atoms with Crippen LogP contribution in [0.25, 0.3) is 5.57 Å². The molecule has 0 atom stereocenters. The summed E-state index contributed by atoms with van der Waals surface area (Å²) in [6, 6.07) is 11.9. The second kappa shape index (κ2) is 8.36. The summed E-state index contributed by atoms with van der Waals surface area (Å²) < 4.78 is 0. The number of benzene rings is 2.